The topological polar surface area (TPSA) is 59.8 Å². The van der Waals surface area contributed by atoms with Crippen LogP contribution in [0.4, 0.5) is 0 Å². The highest BCUT2D eigenvalue weighted by Gasteiger charge is 2.26. The Kier molecular flexibility index (Phi) is 8.00. The van der Waals surface area contributed by atoms with Crippen molar-refractivity contribution in [3.05, 3.63) is 217 Å². The van der Waals surface area contributed by atoms with E-state index in [1.807, 2.05) is 18.2 Å². The lowest BCUT2D eigenvalue weighted by Gasteiger charge is -2.25. The van der Waals surface area contributed by atoms with Gasteiger partial charge in [-0.15, -0.1) is 0 Å². The molecular formula is C57H39N5O. The summed E-state index contributed by atoms with van der Waals surface area (Å²) in [6.07, 6.45) is 8.51. The van der Waals surface area contributed by atoms with Crippen LogP contribution in [0, 0.1) is 0 Å². The van der Waals surface area contributed by atoms with Gasteiger partial charge in [0.15, 0.2) is 5.84 Å². The second kappa shape index (κ2) is 14.2. The largest absolute Gasteiger partial charge is 0.455 e. The van der Waals surface area contributed by atoms with Crippen molar-refractivity contribution in [3.8, 4) is 22.5 Å². The normalized spacial score (nSPS) is 15.4. The van der Waals surface area contributed by atoms with Crippen molar-refractivity contribution in [2.75, 3.05) is 0 Å². The van der Waals surface area contributed by atoms with Gasteiger partial charge in [0.2, 0.25) is 0 Å². The Morgan fingerprint density at radius 3 is 2.05 bits per heavy atom. The van der Waals surface area contributed by atoms with E-state index in [1.54, 1.807) is 0 Å². The number of allylic oxidation sites excluding steroid dienone is 2. The molecular weight excluding hydrogens is 771 g/mol. The second-order valence-corrected chi connectivity index (χ2v) is 16.5. The van der Waals surface area contributed by atoms with E-state index in [-0.39, 0.29) is 6.17 Å². The maximum Gasteiger partial charge on any atom is 0.159 e. The fraction of sp³-hybridized carbons (Fsp3) is 0.0526. The van der Waals surface area contributed by atoms with E-state index in [9.17, 15) is 0 Å². The number of benzene rings is 8. The molecule has 8 aromatic carbocycles. The number of hydrogen-bond acceptors (Lipinski definition) is 4. The predicted molar refractivity (Wildman–Crippen MR) is 261 cm³/mol. The van der Waals surface area contributed by atoms with E-state index in [0.29, 0.717) is 0 Å². The Balaban J connectivity index is 1.07. The number of rotatable bonds is 6. The van der Waals surface area contributed by atoms with Gasteiger partial charge in [0.1, 0.15) is 23.2 Å². The molecule has 63 heavy (non-hydrogen) atoms. The average Bonchev–Trinajstić information content (AvgIpc) is 4.02. The van der Waals surface area contributed by atoms with Crippen molar-refractivity contribution in [3.63, 3.8) is 0 Å². The van der Waals surface area contributed by atoms with Crippen molar-refractivity contribution in [1.82, 2.24) is 14.5 Å². The van der Waals surface area contributed by atoms with Gasteiger partial charge in [0.05, 0.1) is 27.5 Å². The number of aliphatic imine (C=N–C) groups is 2. The zero-order chi connectivity index (χ0) is 41.4. The van der Waals surface area contributed by atoms with Gasteiger partial charge in [0.25, 0.3) is 0 Å². The van der Waals surface area contributed by atoms with E-state index >= 15 is 0 Å². The van der Waals surface area contributed by atoms with Crippen molar-refractivity contribution in [2.24, 2.45) is 9.98 Å². The first-order valence-corrected chi connectivity index (χ1v) is 21.7. The minimum absolute atomic E-state index is 0.253. The molecule has 4 heterocycles. The van der Waals surface area contributed by atoms with Crippen molar-refractivity contribution >= 4 is 77.2 Å². The van der Waals surface area contributed by atoms with Gasteiger partial charge >= 0.3 is 0 Å². The van der Waals surface area contributed by atoms with Gasteiger partial charge in [-0.25, -0.2) is 9.98 Å². The predicted octanol–water partition coefficient (Wildman–Crippen LogP) is 13.8. The Hall–Kier alpha value is -8.22. The third kappa shape index (κ3) is 5.65. The van der Waals surface area contributed by atoms with Crippen LogP contribution in [0.5, 0.6) is 0 Å². The Bertz CT molecular complexity index is 3770. The fourth-order valence-electron chi connectivity index (χ4n) is 9.93. The summed E-state index contributed by atoms with van der Waals surface area (Å²) in [6.45, 7) is 0. The zero-order valence-electron chi connectivity index (χ0n) is 34.2. The van der Waals surface area contributed by atoms with Crippen LogP contribution in [0.25, 0.3) is 88.1 Å². The molecule has 2 aliphatic rings. The monoisotopic (exact) mass is 809 g/mol. The van der Waals surface area contributed by atoms with E-state index in [4.69, 9.17) is 14.4 Å². The van der Waals surface area contributed by atoms with E-state index < -0.39 is 0 Å². The lowest BCUT2D eigenvalue weighted by Crippen LogP contribution is -2.40. The number of amidine groups is 2. The molecule has 0 saturated heterocycles. The first kappa shape index (κ1) is 35.5. The molecule has 1 atom stereocenters. The number of hydrogen-bond donors (Lipinski definition) is 1. The number of nitrogens with one attached hydrogen (secondary N) is 1. The highest BCUT2D eigenvalue weighted by Crippen LogP contribution is 2.46. The second-order valence-electron chi connectivity index (χ2n) is 16.5. The Labute approximate surface area is 363 Å². The van der Waals surface area contributed by atoms with Crippen molar-refractivity contribution in [1.29, 1.82) is 0 Å². The van der Waals surface area contributed by atoms with Gasteiger partial charge in [-0.1, -0.05) is 140 Å². The molecule has 11 aromatic rings. The first-order valence-electron chi connectivity index (χ1n) is 21.7. The summed E-state index contributed by atoms with van der Waals surface area (Å²) in [4.78, 5) is 10.3. The number of fused-ring (bicyclic) bond motifs is 10. The summed E-state index contributed by atoms with van der Waals surface area (Å²) >= 11 is 0. The Morgan fingerprint density at radius 1 is 0.524 bits per heavy atom. The lowest BCUT2D eigenvalue weighted by atomic mass is 9.97. The fourth-order valence-corrected chi connectivity index (χ4v) is 9.93. The van der Waals surface area contributed by atoms with Crippen LogP contribution in [0.2, 0.25) is 0 Å². The minimum atomic E-state index is -0.253. The van der Waals surface area contributed by atoms with Crippen LogP contribution in [0.15, 0.2) is 220 Å². The molecule has 0 radical (unpaired) electrons. The minimum Gasteiger partial charge on any atom is -0.455 e. The van der Waals surface area contributed by atoms with Gasteiger partial charge in [0, 0.05) is 55.0 Å². The molecule has 0 fully saturated rings. The number of furan rings is 1. The molecule has 0 spiro atoms. The van der Waals surface area contributed by atoms with Gasteiger partial charge < -0.3 is 18.9 Å². The summed E-state index contributed by atoms with van der Waals surface area (Å²) in [5, 5.41) is 10.6. The molecule has 1 aliphatic heterocycles. The van der Waals surface area contributed by atoms with Gasteiger partial charge in [-0.3, -0.25) is 0 Å². The molecule has 6 nitrogen and oxygen atoms in total. The van der Waals surface area contributed by atoms with Gasteiger partial charge in [-0.2, -0.15) is 0 Å². The molecule has 0 amide bonds. The standard InChI is InChI=1S/C57H39N5O/c1-4-17-36(18-5-1)55-58-56(37-19-6-2-7-20-37)60-57(59-55)39-21-16-24-41(33-39)62-49-29-14-11-27-44(49)52-53(62)45(35-47-43-26-12-15-30-51(43)63-54(47)52)38-31-32-50-46(34-38)42-25-10-13-28-48(42)61(50)40-22-8-3-9-23-40/h1,3-6,8-35,56H,2,7H2,(H,58,59,60). The smallest absolute Gasteiger partial charge is 0.159 e. The number of nitrogens with zero attached hydrogens (tertiary/aromatic N) is 4. The average molecular weight is 810 g/mol. The zero-order valence-corrected chi connectivity index (χ0v) is 34.2. The summed E-state index contributed by atoms with van der Waals surface area (Å²) in [5.74, 6) is 1.51. The van der Waals surface area contributed by atoms with Crippen LogP contribution >= 0.6 is 0 Å². The summed E-state index contributed by atoms with van der Waals surface area (Å²) in [5.41, 5.74) is 13.9. The summed E-state index contributed by atoms with van der Waals surface area (Å²) in [6, 6.07) is 64.9. The SMILES string of the molecule is C1=CC(C2N=C(c3ccccc3)N=C(c3cccc(-n4c5ccccc5c5c6oc7ccccc7c6cc(-c6ccc7c(c6)c6ccccc6n7-c6ccccc6)c54)c3)N2)=CCC1. The summed E-state index contributed by atoms with van der Waals surface area (Å²) < 4.78 is 11.7. The molecule has 1 unspecified atom stereocenters. The highest BCUT2D eigenvalue weighted by atomic mass is 16.3. The highest BCUT2D eigenvalue weighted by molar-refractivity contribution is 6.27. The van der Waals surface area contributed by atoms with Crippen LogP contribution in [-0.4, -0.2) is 27.0 Å². The van der Waals surface area contributed by atoms with Crippen LogP contribution in [0.3, 0.4) is 0 Å². The maximum absolute atomic E-state index is 6.87. The first-order chi connectivity index (χ1) is 31.2. The molecule has 0 bridgehead atoms. The molecule has 13 rings (SSSR count). The maximum atomic E-state index is 6.87. The van der Waals surface area contributed by atoms with E-state index in [0.717, 1.165) is 107 Å². The quantitative estimate of drug-likeness (QED) is 0.182. The number of aromatic nitrogens is 2. The third-order valence-corrected chi connectivity index (χ3v) is 12.8. The molecule has 3 aromatic heterocycles. The van der Waals surface area contributed by atoms with E-state index in [1.165, 1.54) is 21.8 Å². The van der Waals surface area contributed by atoms with Crippen molar-refractivity contribution in [2.45, 2.75) is 19.0 Å². The number of para-hydroxylation sites is 4. The molecule has 1 N–H and O–H groups in total. The lowest BCUT2D eigenvalue weighted by molar-refractivity contribution is 0.673. The third-order valence-electron chi connectivity index (χ3n) is 12.8. The van der Waals surface area contributed by atoms with Crippen LogP contribution in [-0.2, 0) is 0 Å². The van der Waals surface area contributed by atoms with Crippen LogP contribution in [0.1, 0.15) is 24.0 Å². The molecule has 6 heteroatoms. The van der Waals surface area contributed by atoms with Crippen LogP contribution < -0.4 is 5.32 Å². The van der Waals surface area contributed by atoms with E-state index in [2.05, 4.69) is 196 Å². The van der Waals surface area contributed by atoms with Crippen molar-refractivity contribution < 1.29 is 4.42 Å². The van der Waals surface area contributed by atoms with Gasteiger partial charge in [-0.05, 0) is 84.6 Å². The molecule has 1 aliphatic carbocycles. The molecule has 298 valence electrons. The molecule has 0 saturated carbocycles. The summed E-state index contributed by atoms with van der Waals surface area (Å²) in [7, 11) is 0. The Morgan fingerprint density at radius 2 is 1.22 bits per heavy atom.